The quantitative estimate of drug-likeness (QED) is 0.123. The van der Waals surface area contributed by atoms with Gasteiger partial charge in [-0.3, -0.25) is 19.5 Å². The van der Waals surface area contributed by atoms with E-state index in [9.17, 15) is 9.59 Å². The summed E-state index contributed by atoms with van der Waals surface area (Å²) < 4.78 is 30.5. The zero-order valence-corrected chi connectivity index (χ0v) is 36.2. The molecule has 4 aromatic carbocycles. The number of carbonyl (C=O) groups is 3. The minimum Gasteiger partial charge on any atom is -0.489 e. The lowest BCUT2D eigenvalue weighted by atomic mass is 9.92. The first-order valence-electron chi connectivity index (χ1n) is 19.8. The van der Waals surface area contributed by atoms with E-state index in [4.69, 9.17) is 56.8 Å². The van der Waals surface area contributed by atoms with Crippen molar-refractivity contribution in [1.82, 2.24) is 15.2 Å². The average molecular weight is 871 g/mol. The van der Waals surface area contributed by atoms with Crippen molar-refractivity contribution in [3.8, 4) is 28.7 Å². The van der Waals surface area contributed by atoms with Crippen LogP contribution < -0.4 is 24.3 Å². The zero-order valence-electron chi connectivity index (χ0n) is 34.7. The first-order valence-corrected chi connectivity index (χ1v) is 20.6. The Bertz CT molecular complexity index is 2330. The summed E-state index contributed by atoms with van der Waals surface area (Å²) in [6, 6.07) is 25.8. The third-order valence-electron chi connectivity index (χ3n) is 10.1. The predicted molar refractivity (Wildman–Crippen MR) is 232 cm³/mol. The number of rotatable bonds is 11. The van der Waals surface area contributed by atoms with Gasteiger partial charge in [0.1, 0.15) is 36.5 Å². The number of ether oxygens (including phenoxy) is 5. The number of benzene rings is 4. The molecule has 14 heteroatoms. The summed E-state index contributed by atoms with van der Waals surface area (Å²) in [7, 11) is 0. The fourth-order valence-electron chi connectivity index (χ4n) is 6.70. The number of aromatic nitrogens is 1. The van der Waals surface area contributed by atoms with Crippen molar-refractivity contribution in [2.45, 2.75) is 72.8 Å². The van der Waals surface area contributed by atoms with Crippen LogP contribution in [0.4, 0.5) is 4.79 Å². The molecule has 0 saturated carbocycles. The van der Waals surface area contributed by atoms with E-state index in [0.29, 0.717) is 59.9 Å². The lowest BCUT2D eigenvalue weighted by molar-refractivity contribution is -0.126. The van der Waals surface area contributed by atoms with Gasteiger partial charge in [0, 0.05) is 30.4 Å². The number of nitrogens with one attached hydrogen (secondary N) is 1. The number of carbonyl (C=O) groups excluding carboxylic acids is 2. The summed E-state index contributed by atoms with van der Waals surface area (Å²) in [4.78, 5) is 41.6. The van der Waals surface area contributed by atoms with E-state index in [0.717, 1.165) is 50.6 Å². The van der Waals surface area contributed by atoms with E-state index in [2.05, 4.69) is 10.3 Å². The molecule has 320 valence electrons. The van der Waals surface area contributed by atoms with Crippen LogP contribution in [0.2, 0.25) is 10.0 Å². The number of halogens is 2. The summed E-state index contributed by atoms with van der Waals surface area (Å²) in [6.07, 6.45) is 1.74. The lowest BCUT2D eigenvalue weighted by Crippen LogP contribution is -2.53. The molecule has 1 aromatic heterocycles. The first-order chi connectivity index (χ1) is 29.2. The van der Waals surface area contributed by atoms with Gasteiger partial charge in [-0.25, -0.2) is 4.79 Å². The Balaban J connectivity index is 0.00000201. The Labute approximate surface area is 365 Å². The van der Waals surface area contributed by atoms with Crippen LogP contribution in [0.25, 0.3) is 0 Å². The summed E-state index contributed by atoms with van der Waals surface area (Å²) in [5.74, 6) is 3.11. The number of hydrogen-bond donors (Lipinski definition) is 2. The Morgan fingerprint density at radius 1 is 0.918 bits per heavy atom. The molecule has 2 aliphatic heterocycles. The second-order valence-corrected chi connectivity index (χ2v) is 16.8. The van der Waals surface area contributed by atoms with Gasteiger partial charge < -0.3 is 34.1 Å². The van der Waals surface area contributed by atoms with Gasteiger partial charge in [0.2, 0.25) is 5.91 Å². The van der Waals surface area contributed by atoms with Crippen LogP contribution in [0.3, 0.4) is 0 Å². The fourth-order valence-corrected chi connectivity index (χ4v) is 7.02. The van der Waals surface area contributed by atoms with Crippen LogP contribution in [0.5, 0.6) is 28.7 Å². The number of fused-ring (bicyclic) bond motifs is 2. The number of nitrogens with zero attached hydrogens (tertiary/aromatic N) is 2. The lowest BCUT2D eigenvalue weighted by Gasteiger charge is -2.37. The van der Waals surface area contributed by atoms with Crippen molar-refractivity contribution in [1.29, 1.82) is 0 Å². The van der Waals surface area contributed by atoms with E-state index >= 15 is 0 Å². The molecule has 5 aromatic rings. The molecule has 3 heterocycles. The van der Waals surface area contributed by atoms with Gasteiger partial charge >= 0.3 is 6.09 Å². The Kier molecular flexibility index (Phi) is 14.7. The minimum atomic E-state index is -0.768. The standard InChI is InChI=1S/C46H47Cl2N3O7.CH2O2/c1-28-29(2)49-19-17-40(28)57-36-11-6-30(7-12-36)16-18-50-44(52)39-21-33-22-41-42(23-34(33)24-51(39)45(53)56-27-46(3,4)5)58-43(26-55-41)32-9-13-35(14-10-32)54-25-31-8-15-37(47)38(48)20-31;2-1-3/h6-15,17,19-20,22-23,39,43H,16,18,21,24-27H2,1-5H3,(H,50,52);1H,(H,2,3). The molecule has 0 aliphatic carbocycles. The molecule has 0 spiro atoms. The summed E-state index contributed by atoms with van der Waals surface area (Å²) >= 11 is 12.2. The molecule has 61 heavy (non-hydrogen) atoms. The highest BCUT2D eigenvalue weighted by Gasteiger charge is 2.37. The molecule has 2 atom stereocenters. The van der Waals surface area contributed by atoms with E-state index in [1.54, 1.807) is 18.3 Å². The molecule has 2 unspecified atom stereocenters. The summed E-state index contributed by atoms with van der Waals surface area (Å²) in [5.41, 5.74) is 6.33. The van der Waals surface area contributed by atoms with E-state index in [1.165, 1.54) is 4.90 Å². The third-order valence-corrected chi connectivity index (χ3v) is 10.9. The van der Waals surface area contributed by atoms with Crippen molar-refractivity contribution in [2.75, 3.05) is 19.8 Å². The molecule has 2 aliphatic rings. The highest BCUT2D eigenvalue weighted by molar-refractivity contribution is 6.42. The zero-order chi connectivity index (χ0) is 43.7. The van der Waals surface area contributed by atoms with E-state index in [-0.39, 0.29) is 37.0 Å². The minimum absolute atomic E-state index is 0.181. The Hall–Kier alpha value is -5.98. The molecule has 0 bridgehead atoms. The monoisotopic (exact) mass is 869 g/mol. The normalized spacial score (nSPS) is 15.4. The van der Waals surface area contributed by atoms with Gasteiger partial charge in [-0.15, -0.1) is 0 Å². The molecule has 0 fully saturated rings. The van der Waals surface area contributed by atoms with Crippen LogP contribution >= 0.6 is 23.2 Å². The molecule has 0 radical (unpaired) electrons. The highest BCUT2D eigenvalue weighted by Crippen LogP contribution is 2.41. The maximum atomic E-state index is 13.8. The maximum absolute atomic E-state index is 13.8. The van der Waals surface area contributed by atoms with Crippen LogP contribution in [-0.2, 0) is 40.3 Å². The number of aryl methyl sites for hydroxylation is 1. The van der Waals surface area contributed by atoms with Gasteiger partial charge in [0.05, 0.1) is 23.2 Å². The Morgan fingerprint density at radius 3 is 2.31 bits per heavy atom. The molecule has 2 N–H and O–H groups in total. The van der Waals surface area contributed by atoms with E-state index in [1.807, 2.05) is 107 Å². The van der Waals surface area contributed by atoms with Gasteiger partial charge in [-0.05, 0) is 108 Å². The highest BCUT2D eigenvalue weighted by atomic mass is 35.5. The number of hydrogen-bond acceptors (Lipinski definition) is 9. The second kappa shape index (κ2) is 20.1. The molecular weight excluding hydrogens is 821 g/mol. The van der Waals surface area contributed by atoms with Crippen molar-refractivity contribution in [3.05, 3.63) is 140 Å². The van der Waals surface area contributed by atoms with Gasteiger partial charge in [-0.1, -0.05) is 74.3 Å². The van der Waals surface area contributed by atoms with Crippen molar-refractivity contribution < 1.29 is 43.2 Å². The third kappa shape index (κ3) is 11.9. The average Bonchev–Trinajstić information content (AvgIpc) is 3.24. The molecule has 0 saturated heterocycles. The number of amides is 2. The Morgan fingerprint density at radius 2 is 1.61 bits per heavy atom. The van der Waals surface area contributed by atoms with Crippen LogP contribution in [0, 0.1) is 19.3 Å². The SMILES string of the molecule is Cc1nccc(Oc2ccc(CCNC(=O)C3Cc4cc5c(cc4CN3C(=O)OCC(C)(C)C)OC(c3ccc(OCc4ccc(Cl)c(Cl)c4)cc3)CO5)cc2)c1C.O=CO. The largest absolute Gasteiger partial charge is 0.489 e. The molecule has 7 rings (SSSR count). The van der Waals surface area contributed by atoms with Crippen LogP contribution in [-0.4, -0.2) is 59.3 Å². The number of carboxylic acid groups (broad SMARTS) is 1. The van der Waals surface area contributed by atoms with Crippen LogP contribution in [0.1, 0.15) is 65.9 Å². The van der Waals surface area contributed by atoms with Crippen molar-refractivity contribution in [2.24, 2.45) is 5.41 Å². The van der Waals surface area contributed by atoms with Crippen LogP contribution in [0.15, 0.2) is 91.1 Å². The van der Waals surface area contributed by atoms with E-state index < -0.39 is 12.1 Å². The summed E-state index contributed by atoms with van der Waals surface area (Å²) in [5, 5.41) is 10.9. The van der Waals surface area contributed by atoms with Crippen molar-refractivity contribution in [3.63, 3.8) is 0 Å². The first kappa shape index (κ1) is 44.6. The smallest absolute Gasteiger partial charge is 0.410 e. The molecular formula is C47H49Cl2N3O9. The maximum Gasteiger partial charge on any atom is 0.410 e. The predicted octanol–water partition coefficient (Wildman–Crippen LogP) is 9.86. The summed E-state index contributed by atoms with van der Waals surface area (Å²) in [6.45, 7) is 11.1. The van der Waals surface area contributed by atoms with Gasteiger partial charge in [0.25, 0.3) is 6.47 Å². The van der Waals surface area contributed by atoms with Gasteiger partial charge in [0.15, 0.2) is 17.6 Å². The molecule has 2 amide bonds. The molecule has 12 nitrogen and oxygen atoms in total. The van der Waals surface area contributed by atoms with Crippen molar-refractivity contribution >= 4 is 41.7 Å². The second-order valence-electron chi connectivity index (χ2n) is 16.0. The topological polar surface area (TPSA) is 146 Å². The number of pyridine rings is 1. The fraction of sp³-hybridized carbons (Fsp3) is 0.319. The van der Waals surface area contributed by atoms with Gasteiger partial charge in [-0.2, -0.15) is 0 Å².